The molecule has 7 heteroatoms. The Morgan fingerprint density at radius 1 is 1.32 bits per heavy atom. The molecule has 0 unspecified atom stereocenters. The van der Waals surface area contributed by atoms with Crippen LogP contribution < -0.4 is 0 Å². The third-order valence-corrected chi connectivity index (χ3v) is 2.25. The van der Waals surface area contributed by atoms with E-state index in [2.05, 4.69) is 0 Å². The summed E-state index contributed by atoms with van der Waals surface area (Å²) < 4.78 is 36.9. The third kappa shape index (κ3) is 5.88. The van der Waals surface area contributed by atoms with Crippen molar-refractivity contribution in [3.05, 3.63) is 35.4 Å². The predicted molar refractivity (Wildman–Crippen MR) is 60.1 cm³/mol. The number of carboxylic acids is 1. The lowest BCUT2D eigenvalue weighted by molar-refractivity contribution is -0.154. The number of halogens is 3. The lowest BCUT2D eigenvalue weighted by Gasteiger charge is -2.21. The summed E-state index contributed by atoms with van der Waals surface area (Å²) in [5, 5.41) is 17.2. The summed E-state index contributed by atoms with van der Waals surface area (Å²) in [5.74, 6) is -1.32. The van der Waals surface area contributed by atoms with Gasteiger partial charge in [0.15, 0.2) is 0 Å². The molecule has 0 aromatic heterocycles. The van der Waals surface area contributed by atoms with E-state index in [0.717, 1.165) is 4.90 Å². The molecule has 0 saturated carbocycles. The molecule has 0 saturated heterocycles. The number of nitriles is 1. The number of nitrogens with zero attached hydrogens (tertiary/aromatic N) is 2. The van der Waals surface area contributed by atoms with E-state index >= 15 is 0 Å². The van der Waals surface area contributed by atoms with Gasteiger partial charge < -0.3 is 5.11 Å². The highest BCUT2D eigenvalue weighted by atomic mass is 19.4. The second kappa shape index (κ2) is 6.20. The van der Waals surface area contributed by atoms with Crippen molar-refractivity contribution < 1.29 is 23.1 Å². The quantitative estimate of drug-likeness (QED) is 0.890. The minimum absolute atomic E-state index is 0.141. The Balaban J connectivity index is 2.75. The highest BCUT2D eigenvalue weighted by Gasteiger charge is 2.31. The molecule has 0 atom stereocenters. The van der Waals surface area contributed by atoms with E-state index in [0.29, 0.717) is 11.1 Å². The number of aliphatic carboxylic acids is 1. The standard InChI is InChI=1S/C12H11F3N2O2/c13-12(14,15)8-17(7-11(18)19)6-10-3-1-9(5-16)2-4-10/h1-4H,6-8H2,(H,18,19). The van der Waals surface area contributed by atoms with E-state index in [1.165, 1.54) is 24.3 Å². The number of rotatable bonds is 5. The molecule has 19 heavy (non-hydrogen) atoms. The van der Waals surface area contributed by atoms with Gasteiger partial charge in [-0.1, -0.05) is 12.1 Å². The van der Waals surface area contributed by atoms with Crippen LogP contribution in [0.25, 0.3) is 0 Å². The molecule has 1 N–H and O–H groups in total. The second-order valence-electron chi connectivity index (χ2n) is 3.96. The maximum absolute atomic E-state index is 12.3. The first-order chi connectivity index (χ1) is 8.80. The van der Waals surface area contributed by atoms with Crippen molar-refractivity contribution in [2.45, 2.75) is 12.7 Å². The molecule has 4 nitrogen and oxygen atoms in total. The zero-order chi connectivity index (χ0) is 14.5. The zero-order valence-corrected chi connectivity index (χ0v) is 9.81. The average molecular weight is 272 g/mol. The molecule has 0 heterocycles. The van der Waals surface area contributed by atoms with Crippen molar-refractivity contribution in [1.82, 2.24) is 4.90 Å². The first-order valence-corrected chi connectivity index (χ1v) is 5.30. The van der Waals surface area contributed by atoms with Crippen molar-refractivity contribution in [3.8, 4) is 6.07 Å². The lowest BCUT2D eigenvalue weighted by atomic mass is 10.1. The largest absolute Gasteiger partial charge is 0.480 e. The van der Waals surface area contributed by atoms with E-state index in [9.17, 15) is 18.0 Å². The van der Waals surface area contributed by atoms with Crippen LogP contribution in [0.3, 0.4) is 0 Å². The Bertz CT molecular complexity index is 477. The highest BCUT2D eigenvalue weighted by Crippen LogP contribution is 2.18. The molecular formula is C12H11F3N2O2. The molecule has 1 rings (SSSR count). The van der Waals surface area contributed by atoms with Gasteiger partial charge in [-0.2, -0.15) is 18.4 Å². The summed E-state index contributed by atoms with van der Waals surface area (Å²) >= 11 is 0. The van der Waals surface area contributed by atoms with Crippen LogP contribution in [0.1, 0.15) is 11.1 Å². The Hall–Kier alpha value is -2.07. The van der Waals surface area contributed by atoms with E-state index in [4.69, 9.17) is 10.4 Å². The number of alkyl halides is 3. The van der Waals surface area contributed by atoms with Crippen LogP contribution in [-0.2, 0) is 11.3 Å². The number of carbonyl (C=O) groups is 1. The summed E-state index contributed by atoms with van der Waals surface area (Å²) in [6, 6.07) is 7.85. The average Bonchev–Trinajstić information content (AvgIpc) is 2.26. The summed E-state index contributed by atoms with van der Waals surface area (Å²) in [6.07, 6.45) is -4.46. The normalized spacial score (nSPS) is 11.3. The van der Waals surface area contributed by atoms with Crippen LogP contribution in [0.4, 0.5) is 13.2 Å². The Morgan fingerprint density at radius 3 is 2.32 bits per heavy atom. The van der Waals surface area contributed by atoms with Crippen LogP contribution in [-0.4, -0.2) is 35.2 Å². The van der Waals surface area contributed by atoms with Gasteiger partial charge in [-0.05, 0) is 17.7 Å². The molecular weight excluding hydrogens is 261 g/mol. The van der Waals surface area contributed by atoms with Gasteiger partial charge in [0.25, 0.3) is 0 Å². The van der Waals surface area contributed by atoms with Crippen LogP contribution in [0, 0.1) is 11.3 Å². The van der Waals surface area contributed by atoms with E-state index < -0.39 is 25.2 Å². The first kappa shape index (κ1) is 15.0. The third-order valence-electron chi connectivity index (χ3n) is 2.25. The summed E-state index contributed by atoms with van der Waals surface area (Å²) in [7, 11) is 0. The Morgan fingerprint density at radius 2 is 1.89 bits per heavy atom. The molecule has 0 amide bonds. The fourth-order valence-corrected chi connectivity index (χ4v) is 1.56. The maximum atomic E-state index is 12.3. The lowest BCUT2D eigenvalue weighted by Crippen LogP contribution is -2.37. The van der Waals surface area contributed by atoms with Crippen LogP contribution in [0.5, 0.6) is 0 Å². The minimum Gasteiger partial charge on any atom is -0.480 e. The van der Waals surface area contributed by atoms with Crippen molar-refractivity contribution in [2.75, 3.05) is 13.1 Å². The van der Waals surface area contributed by atoms with E-state index in [1.54, 1.807) is 0 Å². The van der Waals surface area contributed by atoms with Crippen molar-refractivity contribution >= 4 is 5.97 Å². The van der Waals surface area contributed by atoms with E-state index in [-0.39, 0.29) is 6.54 Å². The molecule has 1 aromatic carbocycles. The van der Waals surface area contributed by atoms with Crippen molar-refractivity contribution in [3.63, 3.8) is 0 Å². The SMILES string of the molecule is N#Cc1ccc(CN(CC(=O)O)CC(F)(F)F)cc1. The highest BCUT2D eigenvalue weighted by molar-refractivity contribution is 5.69. The maximum Gasteiger partial charge on any atom is 0.401 e. The first-order valence-electron chi connectivity index (χ1n) is 5.30. The molecule has 102 valence electrons. The molecule has 0 aliphatic carbocycles. The molecule has 1 aromatic rings. The molecule has 0 aliphatic rings. The Kier molecular flexibility index (Phi) is 4.89. The smallest absolute Gasteiger partial charge is 0.401 e. The van der Waals surface area contributed by atoms with Crippen LogP contribution in [0.2, 0.25) is 0 Å². The van der Waals surface area contributed by atoms with Crippen molar-refractivity contribution in [1.29, 1.82) is 5.26 Å². The summed E-state index contributed by atoms with van der Waals surface area (Å²) in [4.78, 5) is 11.3. The Labute approximate surface area is 107 Å². The fourth-order valence-electron chi connectivity index (χ4n) is 1.56. The second-order valence-corrected chi connectivity index (χ2v) is 3.96. The van der Waals surface area contributed by atoms with Gasteiger partial charge in [0.2, 0.25) is 0 Å². The van der Waals surface area contributed by atoms with Crippen LogP contribution >= 0.6 is 0 Å². The van der Waals surface area contributed by atoms with Gasteiger partial charge >= 0.3 is 12.1 Å². The molecule has 0 radical (unpaired) electrons. The van der Waals surface area contributed by atoms with Gasteiger partial charge in [0.1, 0.15) is 0 Å². The van der Waals surface area contributed by atoms with Crippen molar-refractivity contribution in [2.24, 2.45) is 0 Å². The summed E-state index contributed by atoms with van der Waals surface area (Å²) in [5.41, 5.74) is 0.911. The van der Waals surface area contributed by atoms with Gasteiger partial charge in [-0.3, -0.25) is 9.69 Å². The number of benzene rings is 1. The van der Waals surface area contributed by atoms with Gasteiger partial charge in [-0.25, -0.2) is 0 Å². The fraction of sp³-hybridized carbons (Fsp3) is 0.333. The number of hydrogen-bond donors (Lipinski definition) is 1. The number of hydrogen-bond acceptors (Lipinski definition) is 3. The molecule has 0 aliphatic heterocycles. The predicted octanol–water partition coefficient (Wildman–Crippen LogP) is 2.01. The molecule has 0 fully saturated rings. The van der Waals surface area contributed by atoms with Gasteiger partial charge in [0.05, 0.1) is 24.7 Å². The minimum atomic E-state index is -4.46. The molecule has 0 bridgehead atoms. The van der Waals surface area contributed by atoms with E-state index in [1.807, 2.05) is 6.07 Å². The van der Waals surface area contributed by atoms with Crippen LogP contribution in [0.15, 0.2) is 24.3 Å². The monoisotopic (exact) mass is 272 g/mol. The summed E-state index contributed by atoms with van der Waals surface area (Å²) in [6.45, 7) is -2.13. The van der Waals surface area contributed by atoms with Gasteiger partial charge in [-0.15, -0.1) is 0 Å². The zero-order valence-electron chi connectivity index (χ0n) is 9.81. The number of carboxylic acid groups (broad SMARTS) is 1. The van der Waals surface area contributed by atoms with Gasteiger partial charge in [0, 0.05) is 6.54 Å². The topological polar surface area (TPSA) is 64.3 Å². The molecule has 0 spiro atoms.